The number of nitrogens with one attached hydrogen (secondary N) is 2. The van der Waals surface area contributed by atoms with Crippen LogP contribution in [0.2, 0.25) is 0 Å². The Morgan fingerprint density at radius 1 is 1.36 bits per heavy atom. The van der Waals surface area contributed by atoms with Gasteiger partial charge in [-0.1, -0.05) is 30.0 Å². The second-order valence-corrected chi connectivity index (χ2v) is 8.23. The maximum Gasteiger partial charge on any atom is 0.237 e. The van der Waals surface area contributed by atoms with Gasteiger partial charge in [-0.05, 0) is 49.4 Å². The summed E-state index contributed by atoms with van der Waals surface area (Å²) < 4.78 is 0. The molecule has 2 heterocycles. The number of aromatic amines is 1. The molecular weight excluding hydrogens is 352 g/mol. The van der Waals surface area contributed by atoms with Crippen molar-refractivity contribution in [3.63, 3.8) is 0 Å². The Morgan fingerprint density at radius 3 is 2.96 bits per heavy atom. The summed E-state index contributed by atoms with van der Waals surface area (Å²) in [6, 6.07) is 10.1. The molecule has 1 aromatic carbocycles. The molecule has 0 aliphatic heterocycles. The van der Waals surface area contributed by atoms with E-state index < -0.39 is 0 Å². The molecule has 3 rings (SSSR count). The maximum atomic E-state index is 12.4. The first-order valence-corrected chi connectivity index (χ1v) is 9.75. The number of amides is 1. The van der Waals surface area contributed by atoms with Gasteiger partial charge in [0.25, 0.3) is 0 Å². The molecule has 0 fully saturated rings. The number of H-pyrrole nitrogens is 1. The van der Waals surface area contributed by atoms with Gasteiger partial charge in [-0.15, -0.1) is 16.4 Å². The third kappa shape index (κ3) is 4.70. The molecule has 25 heavy (non-hydrogen) atoms. The molecule has 5 nitrogen and oxygen atoms in total. The van der Waals surface area contributed by atoms with Gasteiger partial charge < -0.3 is 5.32 Å². The molecule has 0 spiro atoms. The average Bonchev–Trinajstić information content (AvgIpc) is 3.23. The highest BCUT2D eigenvalue weighted by molar-refractivity contribution is 8.00. The van der Waals surface area contributed by atoms with Crippen LogP contribution in [0.4, 0.5) is 5.69 Å². The molecule has 0 radical (unpaired) electrons. The average molecular weight is 373 g/mol. The van der Waals surface area contributed by atoms with Crippen molar-refractivity contribution >= 4 is 34.7 Å². The summed E-state index contributed by atoms with van der Waals surface area (Å²) >= 11 is 3.04. The number of carbonyl (C=O) groups is 1. The zero-order chi connectivity index (χ0) is 17.8. The first-order chi connectivity index (χ1) is 12.0. The van der Waals surface area contributed by atoms with Crippen molar-refractivity contribution in [3.8, 4) is 0 Å². The molecule has 2 aromatic heterocycles. The monoisotopic (exact) mass is 372 g/mol. The van der Waals surface area contributed by atoms with Gasteiger partial charge in [0.05, 0.1) is 5.25 Å². The molecule has 0 bridgehead atoms. The van der Waals surface area contributed by atoms with E-state index in [-0.39, 0.29) is 11.2 Å². The summed E-state index contributed by atoms with van der Waals surface area (Å²) in [6.45, 7) is 5.86. The first kappa shape index (κ1) is 17.7. The fourth-order valence-electron chi connectivity index (χ4n) is 2.30. The standard InChI is InChI=1S/C18H20N4OS2/c1-11-6-7-12(2)15(9-11)19-17(23)13(3)25-18-20-16(21-22-18)10-14-5-4-8-24-14/h4-9,13H,10H2,1-3H3,(H,19,23)(H,20,21,22). The summed E-state index contributed by atoms with van der Waals surface area (Å²) in [4.78, 5) is 18.1. The molecule has 1 atom stereocenters. The summed E-state index contributed by atoms with van der Waals surface area (Å²) in [5, 5.41) is 12.5. The zero-order valence-corrected chi connectivity index (χ0v) is 16.0. The fourth-order valence-corrected chi connectivity index (χ4v) is 3.76. The number of nitrogens with zero attached hydrogens (tertiary/aromatic N) is 2. The molecule has 3 aromatic rings. The fraction of sp³-hybridized carbons (Fsp3) is 0.278. The molecule has 2 N–H and O–H groups in total. The van der Waals surface area contributed by atoms with Gasteiger partial charge in [-0.3, -0.25) is 9.89 Å². The number of carbonyl (C=O) groups excluding carboxylic acids is 1. The molecular formula is C18H20N4OS2. The summed E-state index contributed by atoms with van der Waals surface area (Å²) in [5.41, 5.74) is 3.02. The minimum Gasteiger partial charge on any atom is -0.325 e. The van der Waals surface area contributed by atoms with E-state index in [2.05, 4.69) is 26.6 Å². The molecule has 1 unspecified atom stereocenters. The SMILES string of the molecule is Cc1ccc(C)c(NC(=O)C(C)Sc2n[nH]c(Cc3cccs3)n2)c1. The van der Waals surface area contributed by atoms with Gasteiger partial charge in [0.1, 0.15) is 5.82 Å². The van der Waals surface area contributed by atoms with Crippen LogP contribution in [0.1, 0.15) is 28.8 Å². The van der Waals surface area contributed by atoms with Crippen molar-refractivity contribution in [2.45, 2.75) is 37.6 Å². The Bertz CT molecular complexity index is 858. The second kappa shape index (κ2) is 7.84. The van der Waals surface area contributed by atoms with Gasteiger partial charge in [0.15, 0.2) is 0 Å². The Kier molecular flexibility index (Phi) is 5.55. The topological polar surface area (TPSA) is 70.7 Å². The van der Waals surface area contributed by atoms with Crippen LogP contribution in [-0.2, 0) is 11.2 Å². The number of aryl methyl sites for hydroxylation is 2. The Balaban J connectivity index is 1.60. The maximum absolute atomic E-state index is 12.4. The quantitative estimate of drug-likeness (QED) is 0.637. The minimum atomic E-state index is -0.287. The van der Waals surface area contributed by atoms with Crippen LogP contribution >= 0.6 is 23.1 Å². The van der Waals surface area contributed by atoms with E-state index in [0.717, 1.165) is 29.1 Å². The molecule has 0 aliphatic rings. The van der Waals surface area contributed by atoms with E-state index in [0.29, 0.717) is 5.16 Å². The lowest BCUT2D eigenvalue weighted by atomic mass is 10.1. The van der Waals surface area contributed by atoms with Crippen LogP contribution in [0.3, 0.4) is 0 Å². The number of hydrogen-bond acceptors (Lipinski definition) is 5. The van der Waals surface area contributed by atoms with Crippen molar-refractivity contribution in [1.29, 1.82) is 0 Å². The minimum absolute atomic E-state index is 0.0525. The van der Waals surface area contributed by atoms with Crippen LogP contribution in [-0.4, -0.2) is 26.3 Å². The molecule has 0 saturated carbocycles. The van der Waals surface area contributed by atoms with Crippen molar-refractivity contribution in [1.82, 2.24) is 15.2 Å². The number of aromatic nitrogens is 3. The van der Waals surface area contributed by atoms with E-state index in [1.54, 1.807) is 11.3 Å². The lowest BCUT2D eigenvalue weighted by Crippen LogP contribution is -2.23. The zero-order valence-electron chi connectivity index (χ0n) is 14.4. The predicted molar refractivity (Wildman–Crippen MR) is 103 cm³/mol. The summed E-state index contributed by atoms with van der Waals surface area (Å²) in [7, 11) is 0. The van der Waals surface area contributed by atoms with E-state index >= 15 is 0 Å². The van der Waals surface area contributed by atoms with Crippen LogP contribution in [0.25, 0.3) is 0 Å². The van der Waals surface area contributed by atoms with Gasteiger partial charge >= 0.3 is 0 Å². The predicted octanol–water partition coefficient (Wildman–Crippen LogP) is 4.19. The molecule has 0 saturated heterocycles. The Morgan fingerprint density at radius 2 is 2.20 bits per heavy atom. The number of rotatable bonds is 6. The molecule has 1 amide bonds. The lowest BCUT2D eigenvalue weighted by Gasteiger charge is -2.12. The number of thiophene rings is 1. The highest BCUT2D eigenvalue weighted by atomic mass is 32.2. The van der Waals surface area contributed by atoms with E-state index in [9.17, 15) is 4.79 Å². The van der Waals surface area contributed by atoms with Crippen LogP contribution in [0.5, 0.6) is 0 Å². The van der Waals surface area contributed by atoms with Crippen molar-refractivity contribution in [2.24, 2.45) is 0 Å². The number of hydrogen-bond donors (Lipinski definition) is 2. The number of benzene rings is 1. The van der Waals surface area contributed by atoms with E-state index in [1.165, 1.54) is 16.6 Å². The Hall–Kier alpha value is -2.12. The van der Waals surface area contributed by atoms with Crippen LogP contribution in [0, 0.1) is 13.8 Å². The van der Waals surface area contributed by atoms with Gasteiger partial charge in [0, 0.05) is 17.0 Å². The largest absolute Gasteiger partial charge is 0.325 e. The van der Waals surface area contributed by atoms with Gasteiger partial charge in [0.2, 0.25) is 11.1 Å². The van der Waals surface area contributed by atoms with E-state index in [4.69, 9.17) is 0 Å². The third-order valence-electron chi connectivity index (χ3n) is 3.74. The molecule has 0 aliphatic carbocycles. The number of thioether (sulfide) groups is 1. The number of anilines is 1. The highest BCUT2D eigenvalue weighted by Crippen LogP contribution is 2.23. The van der Waals surface area contributed by atoms with Crippen LogP contribution < -0.4 is 5.32 Å². The molecule has 130 valence electrons. The van der Waals surface area contributed by atoms with Gasteiger partial charge in [-0.2, -0.15) is 0 Å². The summed E-state index contributed by atoms with van der Waals surface area (Å²) in [6.07, 6.45) is 0.730. The lowest BCUT2D eigenvalue weighted by molar-refractivity contribution is -0.115. The van der Waals surface area contributed by atoms with E-state index in [1.807, 2.05) is 50.4 Å². The highest BCUT2D eigenvalue weighted by Gasteiger charge is 2.18. The second-order valence-electron chi connectivity index (χ2n) is 5.89. The van der Waals surface area contributed by atoms with Crippen molar-refractivity contribution in [2.75, 3.05) is 5.32 Å². The first-order valence-electron chi connectivity index (χ1n) is 7.99. The smallest absolute Gasteiger partial charge is 0.237 e. The van der Waals surface area contributed by atoms with Crippen molar-refractivity contribution < 1.29 is 4.79 Å². The third-order valence-corrected chi connectivity index (χ3v) is 5.57. The normalized spacial score (nSPS) is 12.1. The van der Waals surface area contributed by atoms with Crippen LogP contribution in [0.15, 0.2) is 40.9 Å². The molecule has 7 heteroatoms. The van der Waals surface area contributed by atoms with Gasteiger partial charge in [-0.25, -0.2) is 4.98 Å². The Labute approximate surface area is 155 Å². The summed E-state index contributed by atoms with van der Waals surface area (Å²) in [5.74, 6) is 0.760. The van der Waals surface area contributed by atoms with Crippen molar-refractivity contribution in [3.05, 3.63) is 57.5 Å².